The number of aromatic nitrogens is 1. The third-order valence-electron chi connectivity index (χ3n) is 3.50. The minimum atomic E-state index is 0.566. The Morgan fingerprint density at radius 2 is 1.88 bits per heavy atom. The van der Waals surface area contributed by atoms with Gasteiger partial charge in [0.05, 0.1) is 20.3 Å². The number of hydrogen-bond acceptors (Lipinski definition) is 5. The number of pyridine rings is 1. The topological polar surface area (TPSA) is 77.0 Å². The zero-order chi connectivity index (χ0) is 18.8. The van der Waals surface area contributed by atoms with Gasteiger partial charge < -0.3 is 24.8 Å². The van der Waals surface area contributed by atoms with Crippen LogP contribution in [0.3, 0.4) is 0 Å². The van der Waals surface area contributed by atoms with Crippen molar-refractivity contribution in [2.45, 2.75) is 20.4 Å². The Labute approximate surface area is 154 Å². The molecule has 7 nitrogen and oxygen atoms in total. The Morgan fingerprint density at radius 1 is 1.08 bits per heavy atom. The molecule has 1 heterocycles. The van der Waals surface area contributed by atoms with Gasteiger partial charge in [-0.15, -0.1) is 0 Å². The van der Waals surface area contributed by atoms with Gasteiger partial charge in [0.25, 0.3) is 0 Å². The van der Waals surface area contributed by atoms with Gasteiger partial charge in [-0.3, -0.25) is 4.99 Å². The van der Waals surface area contributed by atoms with Crippen LogP contribution in [0, 0.1) is 0 Å². The molecular formula is C19H26N4O3. The number of anilines is 1. The van der Waals surface area contributed by atoms with Gasteiger partial charge in [-0.1, -0.05) is 0 Å². The maximum Gasteiger partial charge on any atom is 0.213 e. The smallest absolute Gasteiger partial charge is 0.213 e. The lowest BCUT2D eigenvalue weighted by Gasteiger charge is -2.15. The summed E-state index contributed by atoms with van der Waals surface area (Å²) in [6.45, 7) is 5.62. The van der Waals surface area contributed by atoms with Crippen molar-refractivity contribution in [2.75, 3.05) is 32.7 Å². The van der Waals surface area contributed by atoms with Crippen LogP contribution < -0.4 is 24.8 Å². The zero-order valence-corrected chi connectivity index (χ0v) is 15.7. The number of nitrogens with one attached hydrogen (secondary N) is 2. The number of benzene rings is 1. The maximum absolute atomic E-state index is 5.60. The highest BCUT2D eigenvalue weighted by Gasteiger charge is 2.07. The highest BCUT2D eigenvalue weighted by Crippen LogP contribution is 2.30. The second-order valence-electron chi connectivity index (χ2n) is 5.28. The van der Waals surface area contributed by atoms with Gasteiger partial charge in [0, 0.05) is 37.6 Å². The fraction of sp³-hybridized carbons (Fsp3) is 0.368. The number of hydrogen-bond donors (Lipinski definition) is 2. The van der Waals surface area contributed by atoms with E-state index in [1.807, 2.05) is 44.2 Å². The number of ether oxygens (including phenoxy) is 3. The van der Waals surface area contributed by atoms with Gasteiger partial charge in [-0.2, -0.15) is 0 Å². The van der Waals surface area contributed by atoms with Crippen LogP contribution in [0.5, 0.6) is 17.4 Å². The van der Waals surface area contributed by atoms with Gasteiger partial charge >= 0.3 is 0 Å². The van der Waals surface area contributed by atoms with Crippen molar-refractivity contribution < 1.29 is 14.2 Å². The fourth-order valence-electron chi connectivity index (χ4n) is 2.31. The highest BCUT2D eigenvalue weighted by atomic mass is 16.5. The van der Waals surface area contributed by atoms with Gasteiger partial charge in [0.15, 0.2) is 17.5 Å². The van der Waals surface area contributed by atoms with E-state index >= 15 is 0 Å². The highest BCUT2D eigenvalue weighted by molar-refractivity contribution is 5.93. The molecule has 0 fully saturated rings. The predicted octanol–water partition coefficient (Wildman–Crippen LogP) is 3.08. The van der Waals surface area contributed by atoms with Crippen LogP contribution in [0.15, 0.2) is 41.5 Å². The van der Waals surface area contributed by atoms with Crippen molar-refractivity contribution in [3.63, 3.8) is 0 Å². The molecule has 140 valence electrons. The Balaban J connectivity index is 2.01. The number of nitrogens with zero attached hydrogens (tertiary/aromatic N) is 2. The molecule has 0 radical (unpaired) electrons. The molecule has 0 atom stereocenters. The second kappa shape index (κ2) is 10.1. The number of aliphatic imine (C=N–C) groups is 1. The van der Waals surface area contributed by atoms with Crippen molar-refractivity contribution in [1.82, 2.24) is 10.3 Å². The third-order valence-corrected chi connectivity index (χ3v) is 3.50. The zero-order valence-electron chi connectivity index (χ0n) is 15.7. The Hall–Kier alpha value is -2.96. The van der Waals surface area contributed by atoms with Gasteiger partial charge in [-0.05, 0) is 37.6 Å². The quantitative estimate of drug-likeness (QED) is 0.558. The van der Waals surface area contributed by atoms with Gasteiger partial charge in [0.2, 0.25) is 5.88 Å². The number of methoxy groups -OCH3 is 1. The molecule has 0 spiro atoms. The van der Waals surface area contributed by atoms with Crippen LogP contribution >= 0.6 is 0 Å². The average molecular weight is 358 g/mol. The van der Waals surface area contributed by atoms with Crippen LogP contribution in [0.2, 0.25) is 0 Å². The molecule has 1 aromatic carbocycles. The summed E-state index contributed by atoms with van der Waals surface area (Å²) in [5.74, 6) is 2.64. The first-order valence-corrected chi connectivity index (χ1v) is 8.56. The van der Waals surface area contributed by atoms with E-state index in [1.54, 1.807) is 20.4 Å². The van der Waals surface area contributed by atoms with E-state index < -0.39 is 0 Å². The Bertz CT molecular complexity index is 734. The standard InChI is InChI=1S/C19H26N4O3/c1-5-25-17-12-15(7-8-16(17)24-4)23-19(20-3)22-13-14-9-10-21-18(11-14)26-6-2/h7-12H,5-6,13H2,1-4H3,(H2,20,22,23). The average Bonchev–Trinajstić information content (AvgIpc) is 2.66. The van der Waals surface area contributed by atoms with Crippen molar-refractivity contribution in [3.05, 3.63) is 42.1 Å². The molecule has 0 aliphatic rings. The van der Waals surface area contributed by atoms with Crippen molar-refractivity contribution in [1.29, 1.82) is 0 Å². The van der Waals surface area contributed by atoms with E-state index in [2.05, 4.69) is 20.6 Å². The summed E-state index contributed by atoms with van der Waals surface area (Å²) in [4.78, 5) is 8.42. The first kappa shape index (κ1) is 19.4. The van der Waals surface area contributed by atoms with Crippen LogP contribution in [-0.2, 0) is 6.54 Å². The third kappa shape index (κ3) is 5.54. The van der Waals surface area contributed by atoms with E-state index in [-0.39, 0.29) is 0 Å². The van der Waals surface area contributed by atoms with Crippen molar-refractivity contribution >= 4 is 11.6 Å². The molecule has 0 amide bonds. The summed E-state index contributed by atoms with van der Waals surface area (Å²) in [6, 6.07) is 9.49. The van der Waals surface area contributed by atoms with Gasteiger partial charge in [-0.25, -0.2) is 4.98 Å². The number of rotatable bonds is 8. The molecule has 0 saturated carbocycles. The number of guanidine groups is 1. The monoisotopic (exact) mass is 358 g/mol. The minimum Gasteiger partial charge on any atom is -0.493 e. The second-order valence-corrected chi connectivity index (χ2v) is 5.28. The van der Waals surface area contributed by atoms with E-state index in [4.69, 9.17) is 14.2 Å². The molecule has 0 aliphatic heterocycles. The minimum absolute atomic E-state index is 0.566. The lowest BCUT2D eigenvalue weighted by Crippen LogP contribution is -2.30. The van der Waals surface area contributed by atoms with Crippen LogP contribution in [0.1, 0.15) is 19.4 Å². The normalized spacial score (nSPS) is 11.0. The van der Waals surface area contributed by atoms with Gasteiger partial charge in [0.1, 0.15) is 0 Å². The summed E-state index contributed by atoms with van der Waals surface area (Å²) in [6.07, 6.45) is 1.73. The summed E-state index contributed by atoms with van der Waals surface area (Å²) >= 11 is 0. The molecule has 0 unspecified atom stereocenters. The largest absolute Gasteiger partial charge is 0.493 e. The van der Waals surface area contributed by atoms with E-state index in [9.17, 15) is 0 Å². The van der Waals surface area contributed by atoms with Crippen LogP contribution in [0.4, 0.5) is 5.69 Å². The van der Waals surface area contributed by atoms with Crippen molar-refractivity contribution in [3.8, 4) is 17.4 Å². The maximum atomic E-state index is 5.60. The molecule has 7 heteroatoms. The molecule has 0 saturated heterocycles. The molecule has 2 aromatic rings. The van der Waals surface area contributed by atoms with Crippen molar-refractivity contribution in [2.24, 2.45) is 4.99 Å². The molecule has 1 aromatic heterocycles. The fourth-order valence-corrected chi connectivity index (χ4v) is 2.31. The molecule has 2 N–H and O–H groups in total. The molecule has 0 aliphatic carbocycles. The van der Waals surface area contributed by atoms with Crippen LogP contribution in [-0.4, -0.2) is 38.3 Å². The molecule has 2 rings (SSSR count). The summed E-state index contributed by atoms with van der Waals surface area (Å²) in [5, 5.41) is 6.51. The predicted molar refractivity (Wildman–Crippen MR) is 103 cm³/mol. The Kier molecular flexibility index (Phi) is 7.54. The first-order chi connectivity index (χ1) is 12.7. The molecule has 26 heavy (non-hydrogen) atoms. The SMILES string of the molecule is CCOc1cc(CNC(=NC)Nc2ccc(OC)c(OCC)c2)ccn1. The van der Waals surface area contributed by atoms with E-state index in [1.165, 1.54) is 0 Å². The summed E-state index contributed by atoms with van der Waals surface area (Å²) in [7, 11) is 3.34. The lowest BCUT2D eigenvalue weighted by molar-refractivity contribution is 0.311. The van der Waals surface area contributed by atoms with E-state index in [0.29, 0.717) is 43.1 Å². The van der Waals surface area contributed by atoms with Crippen LogP contribution in [0.25, 0.3) is 0 Å². The summed E-state index contributed by atoms with van der Waals surface area (Å²) < 4.78 is 16.3. The molecule has 0 bridgehead atoms. The Morgan fingerprint density at radius 3 is 2.58 bits per heavy atom. The van der Waals surface area contributed by atoms with E-state index in [0.717, 1.165) is 11.3 Å². The summed E-state index contributed by atoms with van der Waals surface area (Å²) in [5.41, 5.74) is 1.91. The first-order valence-electron chi connectivity index (χ1n) is 8.56. The molecular weight excluding hydrogens is 332 g/mol. The lowest BCUT2D eigenvalue weighted by atomic mass is 10.2.